The number of hydrogen-bond acceptors (Lipinski definition) is 3. The first-order valence-electron chi connectivity index (χ1n) is 6.83. The van der Waals surface area contributed by atoms with Crippen LogP contribution in [0.4, 0.5) is 23.2 Å². The van der Waals surface area contributed by atoms with Crippen LogP contribution in [-0.4, -0.2) is 17.6 Å². The van der Waals surface area contributed by atoms with Gasteiger partial charge < -0.3 is 15.2 Å². The monoisotopic (exact) mass is 343 g/mol. The second-order valence-electron chi connectivity index (χ2n) is 4.85. The van der Waals surface area contributed by atoms with Gasteiger partial charge in [-0.3, -0.25) is 4.79 Å². The molecular weight excluding hydrogens is 330 g/mol. The normalized spacial score (nSPS) is 12.1. The van der Waals surface area contributed by atoms with E-state index in [9.17, 15) is 27.5 Å². The average Bonchev–Trinajstić information content (AvgIpc) is 2.49. The number of aliphatic hydroxyl groups is 1. The first kappa shape index (κ1) is 17.7. The molecule has 8 heteroatoms. The standard InChI is InChI=1S/C16H13F4NO3/c17-10-3-1-2-9(6-10)13(22)8-15(23)21-11-4-5-14(12(18)7-11)24-16(19)20/h1-7,13,16,22H,8H2,(H,21,23)/t13-/m1/s1. The van der Waals surface area contributed by atoms with Crippen LogP contribution in [-0.2, 0) is 4.79 Å². The molecule has 128 valence electrons. The van der Waals surface area contributed by atoms with E-state index in [0.29, 0.717) is 0 Å². The van der Waals surface area contributed by atoms with Crippen LogP contribution in [0.5, 0.6) is 5.75 Å². The number of rotatable bonds is 6. The molecular formula is C16H13F4NO3. The molecule has 0 radical (unpaired) electrons. The number of carbonyl (C=O) groups is 1. The predicted molar refractivity (Wildman–Crippen MR) is 77.6 cm³/mol. The van der Waals surface area contributed by atoms with Crippen molar-refractivity contribution in [1.29, 1.82) is 0 Å². The fourth-order valence-electron chi connectivity index (χ4n) is 1.99. The first-order valence-corrected chi connectivity index (χ1v) is 6.83. The number of halogens is 4. The van der Waals surface area contributed by atoms with Crippen molar-refractivity contribution in [3.05, 3.63) is 59.7 Å². The number of nitrogens with one attached hydrogen (secondary N) is 1. The van der Waals surface area contributed by atoms with Gasteiger partial charge in [0.15, 0.2) is 11.6 Å². The maximum atomic E-state index is 13.5. The molecule has 0 aliphatic carbocycles. The largest absolute Gasteiger partial charge is 0.432 e. The molecule has 24 heavy (non-hydrogen) atoms. The van der Waals surface area contributed by atoms with Crippen molar-refractivity contribution in [2.75, 3.05) is 5.32 Å². The van der Waals surface area contributed by atoms with E-state index >= 15 is 0 Å². The summed E-state index contributed by atoms with van der Waals surface area (Å²) in [4.78, 5) is 11.8. The highest BCUT2D eigenvalue weighted by Crippen LogP contribution is 2.24. The van der Waals surface area contributed by atoms with Gasteiger partial charge in [-0.15, -0.1) is 0 Å². The lowest BCUT2D eigenvalue weighted by Gasteiger charge is -2.12. The average molecular weight is 343 g/mol. The molecule has 4 nitrogen and oxygen atoms in total. The van der Waals surface area contributed by atoms with Crippen molar-refractivity contribution >= 4 is 11.6 Å². The van der Waals surface area contributed by atoms with Gasteiger partial charge in [-0.05, 0) is 29.8 Å². The minimum Gasteiger partial charge on any atom is -0.432 e. The van der Waals surface area contributed by atoms with Crippen LogP contribution < -0.4 is 10.1 Å². The Balaban J connectivity index is 1.98. The van der Waals surface area contributed by atoms with Crippen LogP contribution in [0.2, 0.25) is 0 Å². The fourth-order valence-corrected chi connectivity index (χ4v) is 1.99. The highest BCUT2D eigenvalue weighted by atomic mass is 19.3. The van der Waals surface area contributed by atoms with Crippen molar-refractivity contribution in [1.82, 2.24) is 0 Å². The fraction of sp³-hybridized carbons (Fsp3) is 0.188. The van der Waals surface area contributed by atoms with Crippen LogP contribution in [0.15, 0.2) is 42.5 Å². The molecule has 0 aromatic heterocycles. The van der Waals surface area contributed by atoms with E-state index in [1.165, 1.54) is 24.3 Å². The lowest BCUT2D eigenvalue weighted by Crippen LogP contribution is -2.16. The van der Waals surface area contributed by atoms with E-state index in [4.69, 9.17) is 0 Å². The zero-order valence-electron chi connectivity index (χ0n) is 12.2. The van der Waals surface area contributed by atoms with E-state index in [0.717, 1.165) is 18.2 Å². The van der Waals surface area contributed by atoms with Crippen LogP contribution >= 0.6 is 0 Å². The van der Waals surface area contributed by atoms with Gasteiger partial charge in [-0.2, -0.15) is 8.78 Å². The molecule has 0 unspecified atom stereocenters. The summed E-state index contributed by atoms with van der Waals surface area (Å²) in [5, 5.41) is 12.2. The molecule has 2 aromatic carbocycles. The van der Waals surface area contributed by atoms with Gasteiger partial charge in [0.2, 0.25) is 5.91 Å². The third-order valence-electron chi connectivity index (χ3n) is 3.04. The maximum absolute atomic E-state index is 13.5. The third-order valence-corrected chi connectivity index (χ3v) is 3.04. The minimum absolute atomic E-state index is 0.00515. The molecule has 1 amide bonds. The van der Waals surface area contributed by atoms with Gasteiger partial charge in [0.1, 0.15) is 5.82 Å². The van der Waals surface area contributed by atoms with Gasteiger partial charge in [-0.25, -0.2) is 8.78 Å². The second kappa shape index (κ2) is 7.78. The zero-order chi connectivity index (χ0) is 17.7. The third kappa shape index (κ3) is 4.95. The van der Waals surface area contributed by atoms with Crippen LogP contribution in [0.1, 0.15) is 18.1 Å². The van der Waals surface area contributed by atoms with Crippen LogP contribution in [0.25, 0.3) is 0 Å². The van der Waals surface area contributed by atoms with Crippen molar-refractivity contribution in [2.24, 2.45) is 0 Å². The van der Waals surface area contributed by atoms with Crippen molar-refractivity contribution in [3.8, 4) is 5.75 Å². The predicted octanol–water partition coefficient (Wildman–Crippen LogP) is 3.63. The molecule has 0 fully saturated rings. The van der Waals surface area contributed by atoms with Gasteiger partial charge in [0.05, 0.1) is 12.5 Å². The van der Waals surface area contributed by atoms with Crippen LogP contribution in [0.3, 0.4) is 0 Å². The molecule has 0 saturated heterocycles. The summed E-state index contributed by atoms with van der Waals surface area (Å²) in [7, 11) is 0. The Bertz CT molecular complexity index is 724. The van der Waals surface area contributed by atoms with Crippen molar-refractivity contribution in [2.45, 2.75) is 19.1 Å². The zero-order valence-corrected chi connectivity index (χ0v) is 12.2. The van der Waals surface area contributed by atoms with E-state index in [-0.39, 0.29) is 17.7 Å². The van der Waals surface area contributed by atoms with Crippen molar-refractivity contribution < 1.29 is 32.2 Å². The number of amides is 1. The topological polar surface area (TPSA) is 58.6 Å². The number of ether oxygens (including phenoxy) is 1. The molecule has 2 aromatic rings. The Morgan fingerprint density at radius 3 is 2.54 bits per heavy atom. The first-order chi connectivity index (χ1) is 11.3. The van der Waals surface area contributed by atoms with E-state index in [1.807, 2.05) is 0 Å². The van der Waals surface area contributed by atoms with E-state index in [1.54, 1.807) is 0 Å². The second-order valence-corrected chi connectivity index (χ2v) is 4.85. The highest BCUT2D eigenvalue weighted by Gasteiger charge is 2.15. The summed E-state index contributed by atoms with van der Waals surface area (Å²) in [6, 6.07) is 8.06. The summed E-state index contributed by atoms with van der Waals surface area (Å²) in [6.07, 6.45) is -1.63. The SMILES string of the molecule is O=C(C[C@@H](O)c1cccc(F)c1)Nc1ccc(OC(F)F)c(F)c1. The molecule has 1 atom stereocenters. The number of alkyl halides is 2. The summed E-state index contributed by atoms with van der Waals surface area (Å²) in [6.45, 7) is -3.17. The molecule has 0 aliphatic heterocycles. The Morgan fingerprint density at radius 2 is 1.92 bits per heavy atom. The summed E-state index contributed by atoms with van der Waals surface area (Å²) >= 11 is 0. The number of carbonyl (C=O) groups excluding carboxylic acids is 1. The molecule has 0 saturated carbocycles. The quantitative estimate of drug-likeness (QED) is 0.788. The molecule has 2 N–H and O–H groups in total. The van der Waals surface area contributed by atoms with Gasteiger partial charge in [0, 0.05) is 11.8 Å². The molecule has 0 bridgehead atoms. The smallest absolute Gasteiger partial charge is 0.387 e. The van der Waals surface area contributed by atoms with Gasteiger partial charge in [0.25, 0.3) is 0 Å². The number of aliphatic hydroxyl groups excluding tert-OH is 1. The minimum atomic E-state index is -3.17. The van der Waals surface area contributed by atoms with E-state index < -0.39 is 36.0 Å². The Labute approximate surface area is 134 Å². The number of hydrogen-bond donors (Lipinski definition) is 2. The molecule has 0 aliphatic rings. The molecule has 2 rings (SSSR count). The maximum Gasteiger partial charge on any atom is 0.387 e. The Morgan fingerprint density at radius 1 is 1.17 bits per heavy atom. The highest BCUT2D eigenvalue weighted by molar-refractivity contribution is 5.91. The number of anilines is 1. The Hall–Kier alpha value is -2.61. The van der Waals surface area contributed by atoms with Gasteiger partial charge in [-0.1, -0.05) is 12.1 Å². The molecule has 0 heterocycles. The lowest BCUT2D eigenvalue weighted by molar-refractivity contribution is -0.118. The summed E-state index contributed by atoms with van der Waals surface area (Å²) < 4.78 is 54.6. The Kier molecular flexibility index (Phi) is 5.75. The molecule has 0 spiro atoms. The van der Waals surface area contributed by atoms with E-state index in [2.05, 4.69) is 10.1 Å². The summed E-state index contributed by atoms with van der Waals surface area (Å²) in [5.41, 5.74) is 0.225. The van der Waals surface area contributed by atoms with Gasteiger partial charge >= 0.3 is 6.61 Å². The lowest BCUT2D eigenvalue weighted by atomic mass is 10.1. The summed E-state index contributed by atoms with van der Waals surface area (Å²) in [5.74, 6) is -2.93. The van der Waals surface area contributed by atoms with Crippen LogP contribution in [0, 0.1) is 11.6 Å². The number of benzene rings is 2. The van der Waals surface area contributed by atoms with Crippen molar-refractivity contribution in [3.63, 3.8) is 0 Å².